The Kier molecular flexibility index (Phi) is 11.2. The summed E-state index contributed by atoms with van der Waals surface area (Å²) in [5.74, 6) is 0. The summed E-state index contributed by atoms with van der Waals surface area (Å²) in [6.45, 7) is 23.1. The minimum atomic E-state index is -0.0710. The normalized spacial score (nSPS) is 13.1. The fourth-order valence-electron chi connectivity index (χ4n) is 10.9. The molecule has 9 aromatic carbocycles. The number of benzene rings is 9. The predicted octanol–water partition coefficient (Wildman–Crippen LogP) is 16.8. The maximum atomic E-state index is 2.61. The van der Waals surface area contributed by atoms with Gasteiger partial charge < -0.3 is 14.7 Å². The molecule has 3 nitrogen and oxygen atoms in total. The third-order valence-corrected chi connectivity index (χ3v) is 14.7. The molecule has 4 heteroatoms. The van der Waals surface area contributed by atoms with E-state index >= 15 is 0 Å². The number of nitrogens with zero attached hydrogens (tertiary/aromatic N) is 3. The van der Waals surface area contributed by atoms with Crippen molar-refractivity contribution in [3.05, 3.63) is 229 Å². The van der Waals surface area contributed by atoms with Crippen LogP contribution in [0.4, 0.5) is 51.2 Å². The number of fused-ring (bicyclic) bond motifs is 4. The largest absolute Gasteiger partial charge is 0.311 e. The van der Waals surface area contributed by atoms with Crippen molar-refractivity contribution in [3.63, 3.8) is 0 Å². The first-order valence-electron chi connectivity index (χ1n) is 25.4. The molecule has 2 aliphatic heterocycles. The number of hydrogen-bond acceptors (Lipinski definition) is 3. The fourth-order valence-corrected chi connectivity index (χ4v) is 10.9. The van der Waals surface area contributed by atoms with Gasteiger partial charge in [-0.1, -0.05) is 190 Å². The highest BCUT2D eigenvalue weighted by Gasteiger charge is 2.45. The second-order valence-corrected chi connectivity index (χ2v) is 22.8. The lowest BCUT2D eigenvalue weighted by Gasteiger charge is -2.46. The monoisotopic (exact) mass is 922 g/mol. The van der Waals surface area contributed by atoms with Crippen LogP contribution in [0, 0.1) is 6.92 Å². The first-order valence-corrected chi connectivity index (χ1v) is 25.4. The molecule has 0 radical (unpaired) electrons. The summed E-state index contributed by atoms with van der Waals surface area (Å²) in [6.07, 6.45) is 0. The maximum Gasteiger partial charge on any atom is 0.252 e. The highest BCUT2D eigenvalue weighted by molar-refractivity contribution is 7.00. The van der Waals surface area contributed by atoms with Crippen molar-refractivity contribution in [2.45, 2.75) is 85.5 Å². The summed E-state index contributed by atoms with van der Waals surface area (Å²) < 4.78 is 0. The highest BCUT2D eigenvalue weighted by atomic mass is 15.2. The van der Waals surface area contributed by atoms with E-state index in [-0.39, 0.29) is 23.0 Å². The van der Waals surface area contributed by atoms with E-state index in [2.05, 4.69) is 290 Å². The van der Waals surface area contributed by atoms with Crippen LogP contribution in [0.3, 0.4) is 0 Å². The van der Waals surface area contributed by atoms with Gasteiger partial charge in [0.1, 0.15) is 0 Å². The molecule has 0 fully saturated rings. The van der Waals surface area contributed by atoms with Gasteiger partial charge in [-0.25, -0.2) is 0 Å². The van der Waals surface area contributed by atoms with Gasteiger partial charge in [0.05, 0.1) is 11.4 Å². The SMILES string of the molecule is Cc1cc2c3c(c1)N(c1ccc(C(C)(C)C)cc1-c1ccccc1)c1cc(N(c4ccccc4)c4ccccc4)ccc1B3c1cc(C(C)(C)C)ccc1N2c1ccc(C(C)(C)C)cc1-c1ccccc1. The number of aryl methyl sites for hydroxylation is 1. The Balaban J connectivity index is 1.26. The Morgan fingerprint density at radius 1 is 0.338 bits per heavy atom. The van der Waals surface area contributed by atoms with Crippen molar-refractivity contribution < 1.29 is 0 Å². The molecule has 0 saturated heterocycles. The first-order chi connectivity index (χ1) is 34.0. The molecule has 350 valence electrons. The van der Waals surface area contributed by atoms with Crippen LogP contribution in [-0.2, 0) is 16.2 Å². The molecule has 0 aliphatic carbocycles. The average molecular weight is 922 g/mol. The summed E-state index contributed by atoms with van der Waals surface area (Å²) in [4.78, 5) is 7.61. The molecule has 71 heavy (non-hydrogen) atoms. The molecule has 11 rings (SSSR count). The Morgan fingerprint density at radius 3 is 1.20 bits per heavy atom. The van der Waals surface area contributed by atoms with Crippen LogP contribution >= 0.6 is 0 Å². The fraction of sp³-hybridized carbons (Fsp3) is 0.194. The van der Waals surface area contributed by atoms with Crippen LogP contribution < -0.4 is 31.1 Å². The van der Waals surface area contributed by atoms with E-state index in [1.165, 1.54) is 89.3 Å². The van der Waals surface area contributed by atoms with Crippen molar-refractivity contribution in [3.8, 4) is 22.3 Å². The van der Waals surface area contributed by atoms with Crippen molar-refractivity contribution in [1.82, 2.24) is 0 Å². The Labute approximate surface area is 423 Å². The molecule has 0 atom stereocenters. The molecule has 2 aliphatic rings. The van der Waals surface area contributed by atoms with Gasteiger partial charge in [-0.15, -0.1) is 0 Å². The molecule has 0 N–H and O–H groups in total. The Bertz CT molecular complexity index is 3390. The lowest BCUT2D eigenvalue weighted by atomic mass is 9.33. The Hall–Kier alpha value is -7.56. The van der Waals surface area contributed by atoms with Gasteiger partial charge in [0.25, 0.3) is 6.71 Å². The molecule has 0 bridgehead atoms. The quantitative estimate of drug-likeness (QED) is 0.148. The molecule has 0 unspecified atom stereocenters. The van der Waals surface area contributed by atoms with Gasteiger partial charge in [0.2, 0.25) is 0 Å². The molecule has 2 heterocycles. The molecule has 0 aromatic heterocycles. The van der Waals surface area contributed by atoms with Crippen molar-refractivity contribution in [1.29, 1.82) is 0 Å². The van der Waals surface area contributed by atoms with Crippen LogP contribution in [0.1, 0.15) is 84.6 Å². The maximum absolute atomic E-state index is 2.61. The van der Waals surface area contributed by atoms with Gasteiger partial charge in [-0.3, -0.25) is 0 Å². The van der Waals surface area contributed by atoms with E-state index in [1.54, 1.807) is 0 Å². The average Bonchev–Trinajstić information content (AvgIpc) is 3.36. The Morgan fingerprint density at radius 2 is 0.746 bits per heavy atom. The van der Waals surface area contributed by atoms with Gasteiger partial charge in [0, 0.05) is 50.9 Å². The molecule has 0 saturated carbocycles. The standard InChI is InChI=1S/C67H64BN3/c1-45-39-62-64-63(40-45)71(59-37-32-49(66(5,6)7)42-55(59)47-25-17-12-18-26-47)61-44-53(69(51-27-19-13-20-28-51)52-29-21-14-22-30-52)34-35-56(61)68(64)57-43-50(67(8,9)10)33-38-60(57)70(62)58-36-31-48(65(2,3)4)41-54(58)46-23-15-11-16-24-46/h11-44H,1-10H3. The van der Waals surface area contributed by atoms with Gasteiger partial charge in [0.15, 0.2) is 0 Å². The lowest BCUT2D eigenvalue weighted by Crippen LogP contribution is -2.61. The zero-order valence-corrected chi connectivity index (χ0v) is 43.0. The first kappa shape index (κ1) is 45.9. The van der Waals surface area contributed by atoms with Gasteiger partial charge >= 0.3 is 0 Å². The van der Waals surface area contributed by atoms with Crippen LogP contribution in [0.2, 0.25) is 0 Å². The van der Waals surface area contributed by atoms with Crippen LogP contribution in [0.15, 0.2) is 206 Å². The summed E-state index contributed by atoms with van der Waals surface area (Å²) >= 11 is 0. The van der Waals surface area contributed by atoms with Crippen LogP contribution in [-0.4, -0.2) is 6.71 Å². The summed E-state index contributed by atoms with van der Waals surface area (Å²) in [6, 6.07) is 77.5. The van der Waals surface area contributed by atoms with E-state index in [1.807, 2.05) is 0 Å². The third-order valence-electron chi connectivity index (χ3n) is 14.7. The summed E-state index contributed by atoms with van der Waals surface area (Å²) in [5, 5.41) is 0. The number of hydrogen-bond donors (Lipinski definition) is 0. The second kappa shape index (κ2) is 17.4. The molecule has 0 spiro atoms. The van der Waals surface area contributed by atoms with E-state index in [0.717, 1.165) is 22.7 Å². The van der Waals surface area contributed by atoms with E-state index in [9.17, 15) is 0 Å². The van der Waals surface area contributed by atoms with Crippen molar-refractivity contribution in [2.75, 3.05) is 14.7 Å². The van der Waals surface area contributed by atoms with E-state index < -0.39 is 0 Å². The highest BCUT2D eigenvalue weighted by Crippen LogP contribution is 2.51. The number of para-hydroxylation sites is 2. The molecular weight excluding hydrogens is 858 g/mol. The van der Waals surface area contributed by atoms with E-state index in [4.69, 9.17) is 0 Å². The topological polar surface area (TPSA) is 9.72 Å². The predicted molar refractivity (Wildman–Crippen MR) is 307 cm³/mol. The lowest BCUT2D eigenvalue weighted by molar-refractivity contribution is 0.590. The zero-order chi connectivity index (χ0) is 49.4. The molecule has 0 amide bonds. The van der Waals surface area contributed by atoms with Crippen LogP contribution in [0.5, 0.6) is 0 Å². The minimum absolute atomic E-state index is 0.0320. The second-order valence-electron chi connectivity index (χ2n) is 22.8. The van der Waals surface area contributed by atoms with Crippen LogP contribution in [0.25, 0.3) is 22.3 Å². The van der Waals surface area contributed by atoms with Crippen molar-refractivity contribution in [2.24, 2.45) is 0 Å². The smallest absolute Gasteiger partial charge is 0.252 e. The molecule has 9 aromatic rings. The van der Waals surface area contributed by atoms with Crippen molar-refractivity contribution >= 4 is 74.3 Å². The third kappa shape index (κ3) is 8.24. The zero-order valence-electron chi connectivity index (χ0n) is 43.0. The number of anilines is 9. The minimum Gasteiger partial charge on any atom is -0.311 e. The van der Waals surface area contributed by atoms with Gasteiger partial charge in [-0.2, -0.15) is 0 Å². The molecular formula is C67H64BN3. The summed E-state index contributed by atoms with van der Waals surface area (Å²) in [7, 11) is 0. The van der Waals surface area contributed by atoms with Gasteiger partial charge in [-0.05, 0) is 152 Å². The summed E-state index contributed by atoms with van der Waals surface area (Å²) in [5.41, 5.74) is 24.2. The number of rotatable bonds is 7. The van der Waals surface area contributed by atoms with E-state index in [0.29, 0.717) is 0 Å².